The van der Waals surface area contributed by atoms with E-state index in [0.29, 0.717) is 61.1 Å². The summed E-state index contributed by atoms with van der Waals surface area (Å²) in [6.07, 6.45) is 4.94. The van der Waals surface area contributed by atoms with Crippen molar-refractivity contribution in [3.63, 3.8) is 0 Å². The number of ketones is 1. The molecule has 1 aliphatic rings. The third kappa shape index (κ3) is 4.18. The van der Waals surface area contributed by atoms with E-state index in [4.69, 9.17) is 46.4 Å². The van der Waals surface area contributed by atoms with Crippen molar-refractivity contribution in [3.05, 3.63) is 78.8 Å². The van der Waals surface area contributed by atoms with E-state index in [1.807, 2.05) is 0 Å². The van der Waals surface area contributed by atoms with Crippen LogP contribution in [0.3, 0.4) is 0 Å². The molecule has 1 aliphatic carbocycles. The van der Waals surface area contributed by atoms with Gasteiger partial charge in [0.2, 0.25) is 0 Å². The molecule has 0 heterocycles. The van der Waals surface area contributed by atoms with Crippen LogP contribution in [-0.4, -0.2) is 5.78 Å². The molecular weight excluding hydrogens is 410 g/mol. The summed E-state index contributed by atoms with van der Waals surface area (Å²) in [4.78, 5) is 13.0. The molecule has 3 rings (SSSR count). The van der Waals surface area contributed by atoms with Gasteiger partial charge in [0.25, 0.3) is 0 Å². The Morgan fingerprint density at radius 3 is 1.46 bits per heavy atom. The smallest absolute Gasteiger partial charge is 0.185 e. The van der Waals surface area contributed by atoms with Crippen LogP contribution in [-0.2, 0) is 4.79 Å². The molecule has 5 heteroatoms. The molecule has 0 radical (unpaired) electrons. The topological polar surface area (TPSA) is 17.1 Å². The van der Waals surface area contributed by atoms with Crippen molar-refractivity contribution < 1.29 is 4.79 Å². The zero-order valence-electron chi connectivity index (χ0n) is 14.0. The van der Waals surface area contributed by atoms with Gasteiger partial charge in [0, 0.05) is 42.4 Å². The molecule has 1 fully saturated rings. The minimum absolute atomic E-state index is 0.0185. The fourth-order valence-corrected chi connectivity index (χ4v) is 4.12. The van der Waals surface area contributed by atoms with Gasteiger partial charge in [0.1, 0.15) is 0 Å². The van der Waals surface area contributed by atoms with Gasteiger partial charge in [-0.25, -0.2) is 0 Å². The van der Waals surface area contributed by atoms with Crippen molar-refractivity contribution in [2.45, 2.75) is 19.8 Å². The lowest BCUT2D eigenvalue weighted by Crippen LogP contribution is -2.18. The highest BCUT2D eigenvalue weighted by molar-refractivity contribution is 6.38. The first-order valence-corrected chi connectivity index (χ1v) is 9.72. The fourth-order valence-electron chi connectivity index (χ4n) is 3.11. The fraction of sp³-hybridized carbons (Fsp3) is 0.190. The molecule has 26 heavy (non-hydrogen) atoms. The molecule has 0 bridgehead atoms. The highest BCUT2D eigenvalue weighted by Gasteiger charge is 2.26. The van der Waals surface area contributed by atoms with Crippen LogP contribution < -0.4 is 0 Å². The molecule has 0 unspecified atom stereocenters. The molecule has 0 spiro atoms. The van der Waals surface area contributed by atoms with E-state index in [2.05, 4.69) is 6.92 Å². The summed E-state index contributed by atoms with van der Waals surface area (Å²) in [7, 11) is 0. The van der Waals surface area contributed by atoms with Gasteiger partial charge in [-0.2, -0.15) is 0 Å². The second-order valence-corrected chi connectivity index (χ2v) is 8.08. The molecule has 2 aromatic carbocycles. The van der Waals surface area contributed by atoms with Crippen molar-refractivity contribution >= 4 is 64.3 Å². The largest absolute Gasteiger partial charge is 0.289 e. The average Bonchev–Trinajstić information content (AvgIpc) is 2.58. The quantitative estimate of drug-likeness (QED) is 0.449. The standard InChI is InChI=1S/C21H16Cl4O/c1-12-8-13(10-15-17(22)4-2-5-18(15)23)21(26)14(9-12)11-16-19(24)6-3-7-20(16)25/h2-7,10-12H,8-9H2,1H3. The highest BCUT2D eigenvalue weighted by atomic mass is 35.5. The third-order valence-corrected chi connectivity index (χ3v) is 5.67. The van der Waals surface area contributed by atoms with Crippen molar-refractivity contribution in [3.8, 4) is 0 Å². The van der Waals surface area contributed by atoms with Crippen LogP contribution >= 0.6 is 46.4 Å². The minimum atomic E-state index is -0.0185. The number of carbonyl (C=O) groups excluding carboxylic acids is 1. The number of halogens is 4. The Kier molecular flexibility index (Phi) is 6.14. The Bertz CT molecular complexity index is 814. The number of carbonyl (C=O) groups is 1. The zero-order chi connectivity index (χ0) is 18.8. The predicted octanol–water partition coefficient (Wildman–Crippen LogP) is 7.77. The van der Waals surface area contributed by atoms with Gasteiger partial charge in [-0.05, 0) is 55.2 Å². The Morgan fingerprint density at radius 1 is 0.769 bits per heavy atom. The first-order valence-electron chi connectivity index (χ1n) is 8.20. The molecule has 0 saturated heterocycles. The van der Waals surface area contributed by atoms with Crippen molar-refractivity contribution in [2.75, 3.05) is 0 Å². The van der Waals surface area contributed by atoms with Gasteiger partial charge in [0.15, 0.2) is 5.78 Å². The molecule has 0 aromatic heterocycles. The lowest BCUT2D eigenvalue weighted by atomic mass is 9.81. The summed E-state index contributed by atoms with van der Waals surface area (Å²) in [5, 5.41) is 2.10. The molecule has 0 aliphatic heterocycles. The van der Waals surface area contributed by atoms with Crippen LogP contribution in [0.25, 0.3) is 12.2 Å². The molecule has 1 saturated carbocycles. The van der Waals surface area contributed by atoms with Gasteiger partial charge in [-0.15, -0.1) is 0 Å². The summed E-state index contributed by atoms with van der Waals surface area (Å²) in [6, 6.07) is 10.6. The van der Waals surface area contributed by atoms with Crippen LogP contribution in [0, 0.1) is 5.92 Å². The lowest BCUT2D eigenvalue weighted by Gasteiger charge is -2.23. The Morgan fingerprint density at radius 2 is 1.12 bits per heavy atom. The number of benzene rings is 2. The first kappa shape index (κ1) is 19.5. The van der Waals surface area contributed by atoms with Gasteiger partial charge in [-0.3, -0.25) is 4.79 Å². The summed E-state index contributed by atoms with van der Waals surface area (Å²) in [5.41, 5.74) is 2.72. The second kappa shape index (κ2) is 8.19. The molecule has 134 valence electrons. The Hall–Kier alpha value is -1.25. The molecule has 1 nitrogen and oxygen atoms in total. The van der Waals surface area contributed by atoms with E-state index < -0.39 is 0 Å². The van der Waals surface area contributed by atoms with Crippen LogP contribution in [0.1, 0.15) is 30.9 Å². The number of hydrogen-bond donors (Lipinski definition) is 0. The van der Waals surface area contributed by atoms with Crippen LogP contribution in [0.5, 0.6) is 0 Å². The Balaban J connectivity index is 2.04. The number of hydrogen-bond acceptors (Lipinski definition) is 1. The monoisotopic (exact) mass is 424 g/mol. The number of Topliss-reactive ketones (excluding diaryl/α,β-unsaturated/α-hetero) is 1. The van der Waals surface area contributed by atoms with Crippen LogP contribution in [0.2, 0.25) is 20.1 Å². The average molecular weight is 426 g/mol. The maximum atomic E-state index is 13.0. The predicted molar refractivity (Wildman–Crippen MR) is 112 cm³/mol. The molecule has 0 amide bonds. The van der Waals surface area contributed by atoms with Gasteiger partial charge in [-0.1, -0.05) is 65.5 Å². The molecular formula is C21H16Cl4O. The molecule has 0 N–H and O–H groups in total. The van der Waals surface area contributed by atoms with E-state index in [1.165, 1.54) is 0 Å². The van der Waals surface area contributed by atoms with Gasteiger partial charge < -0.3 is 0 Å². The molecule has 2 aromatic rings. The lowest BCUT2D eigenvalue weighted by molar-refractivity contribution is -0.113. The van der Waals surface area contributed by atoms with Crippen LogP contribution in [0.4, 0.5) is 0 Å². The van der Waals surface area contributed by atoms with Gasteiger partial charge in [0.05, 0.1) is 0 Å². The summed E-state index contributed by atoms with van der Waals surface area (Å²) >= 11 is 25.0. The highest BCUT2D eigenvalue weighted by Crippen LogP contribution is 2.36. The van der Waals surface area contributed by atoms with Crippen molar-refractivity contribution in [2.24, 2.45) is 5.92 Å². The summed E-state index contributed by atoms with van der Waals surface area (Å²) in [6.45, 7) is 2.11. The first-order chi connectivity index (χ1) is 12.4. The van der Waals surface area contributed by atoms with Crippen molar-refractivity contribution in [1.82, 2.24) is 0 Å². The maximum absolute atomic E-state index is 13.0. The summed E-state index contributed by atoms with van der Waals surface area (Å²) < 4.78 is 0. The SMILES string of the molecule is CC1CC(=Cc2c(Cl)cccc2Cl)C(=O)C(=Cc2c(Cl)cccc2Cl)C1. The third-order valence-electron chi connectivity index (χ3n) is 4.36. The van der Waals surface area contributed by atoms with E-state index in [-0.39, 0.29) is 5.78 Å². The number of allylic oxidation sites excluding steroid dienone is 2. The summed E-state index contributed by atoms with van der Waals surface area (Å²) in [5.74, 6) is 0.294. The zero-order valence-corrected chi connectivity index (χ0v) is 17.1. The maximum Gasteiger partial charge on any atom is 0.185 e. The van der Waals surface area contributed by atoms with E-state index >= 15 is 0 Å². The number of rotatable bonds is 2. The molecule has 0 atom stereocenters. The Labute approximate surface area is 173 Å². The van der Waals surface area contributed by atoms with E-state index in [0.717, 1.165) is 0 Å². The normalized spacial score (nSPS) is 20.8. The van der Waals surface area contributed by atoms with Gasteiger partial charge >= 0.3 is 0 Å². The van der Waals surface area contributed by atoms with Crippen molar-refractivity contribution in [1.29, 1.82) is 0 Å². The van der Waals surface area contributed by atoms with Crippen LogP contribution in [0.15, 0.2) is 47.5 Å². The van der Waals surface area contributed by atoms with E-state index in [1.54, 1.807) is 48.6 Å². The van der Waals surface area contributed by atoms with E-state index in [9.17, 15) is 4.79 Å². The minimum Gasteiger partial charge on any atom is -0.289 e. The second-order valence-electron chi connectivity index (χ2n) is 6.45.